The lowest BCUT2D eigenvalue weighted by atomic mass is 10.0. The Labute approximate surface area is 185 Å². The van der Waals surface area contributed by atoms with Crippen LogP contribution in [0, 0.1) is 17.6 Å². The summed E-state index contributed by atoms with van der Waals surface area (Å²) in [6, 6.07) is 6.81. The molecule has 0 bridgehead atoms. The first-order valence-electron chi connectivity index (χ1n) is 9.48. The maximum atomic E-state index is 14.4. The van der Waals surface area contributed by atoms with Crippen LogP contribution in [0.4, 0.5) is 27.6 Å². The van der Waals surface area contributed by atoms with E-state index in [9.17, 15) is 26.7 Å². The second-order valence-electron chi connectivity index (χ2n) is 7.37. The Hall–Kier alpha value is -2.88. The van der Waals surface area contributed by atoms with Crippen LogP contribution in [0.25, 0.3) is 0 Å². The van der Waals surface area contributed by atoms with Crippen LogP contribution in [0.1, 0.15) is 18.9 Å². The van der Waals surface area contributed by atoms with Crippen molar-refractivity contribution < 1.29 is 36.6 Å². The summed E-state index contributed by atoms with van der Waals surface area (Å²) in [7, 11) is 0. The van der Waals surface area contributed by atoms with E-state index in [0.29, 0.717) is 10.7 Å². The molecule has 172 valence electrons. The Morgan fingerprint density at radius 2 is 1.84 bits per heavy atom. The quantitative estimate of drug-likeness (QED) is 0.539. The maximum absolute atomic E-state index is 14.4. The molecule has 1 aliphatic rings. The Bertz CT molecular complexity index is 1000. The lowest BCUT2D eigenvalue weighted by Crippen LogP contribution is -2.33. The Kier molecular flexibility index (Phi) is 6.92. The van der Waals surface area contributed by atoms with Gasteiger partial charge in [0, 0.05) is 11.4 Å². The topological polar surface area (TPSA) is 62.1 Å². The van der Waals surface area contributed by atoms with Gasteiger partial charge in [0.2, 0.25) is 0 Å². The summed E-state index contributed by atoms with van der Waals surface area (Å²) in [6.45, 7) is 0.913. The molecule has 0 amide bonds. The summed E-state index contributed by atoms with van der Waals surface area (Å²) >= 11 is 5.82. The van der Waals surface area contributed by atoms with E-state index in [1.165, 1.54) is 31.2 Å². The van der Waals surface area contributed by atoms with Gasteiger partial charge in [-0.15, -0.1) is 0 Å². The number of ether oxygens (including phenoxy) is 1. The van der Waals surface area contributed by atoms with Gasteiger partial charge in [-0.3, -0.25) is 9.80 Å². The van der Waals surface area contributed by atoms with Gasteiger partial charge in [0.05, 0.1) is 17.6 Å². The van der Waals surface area contributed by atoms with E-state index < -0.39 is 60.2 Å². The van der Waals surface area contributed by atoms with Crippen molar-refractivity contribution in [1.82, 2.24) is 0 Å². The van der Waals surface area contributed by atoms with E-state index in [2.05, 4.69) is 5.10 Å². The standard InChI is InChI=1S/C21H18ClF5N2O3/c1-11(20(30)31)6-12-7-16(23)19(17(24)8-12)32-10-15-9-18(21(25,26)27)28-29(15)14-4-2-13(22)3-5-14/h2-5,7-8,11,15H,6,9-10H2,1H3,(H,30,31). The minimum atomic E-state index is -4.67. The van der Waals surface area contributed by atoms with E-state index in [4.69, 9.17) is 21.4 Å². The number of halogens is 6. The van der Waals surface area contributed by atoms with Crippen LogP contribution in [0.3, 0.4) is 0 Å². The van der Waals surface area contributed by atoms with Gasteiger partial charge in [0.1, 0.15) is 12.3 Å². The molecule has 2 aromatic carbocycles. The molecule has 0 fully saturated rings. The largest absolute Gasteiger partial charge is 0.485 e. The first-order chi connectivity index (χ1) is 15.0. The fourth-order valence-electron chi connectivity index (χ4n) is 3.22. The SMILES string of the molecule is CC(Cc1cc(F)c(OCC2CC(C(F)(F)F)=NN2c2ccc(Cl)cc2)c(F)c1)C(=O)O. The number of aliphatic carboxylic acids is 1. The molecule has 0 radical (unpaired) electrons. The highest BCUT2D eigenvalue weighted by Gasteiger charge is 2.43. The number of carboxylic acids is 1. The Balaban J connectivity index is 1.78. The molecule has 5 nitrogen and oxygen atoms in total. The molecule has 1 N–H and O–H groups in total. The van der Waals surface area contributed by atoms with Crippen LogP contribution in [0.5, 0.6) is 5.75 Å². The molecule has 32 heavy (non-hydrogen) atoms. The summed E-state index contributed by atoms with van der Waals surface area (Å²) in [5.74, 6) is -4.88. The molecule has 0 aromatic heterocycles. The molecule has 0 saturated carbocycles. The van der Waals surface area contributed by atoms with Crippen LogP contribution in [0.15, 0.2) is 41.5 Å². The second kappa shape index (κ2) is 9.32. The van der Waals surface area contributed by atoms with Crippen molar-refractivity contribution >= 4 is 29.0 Å². The summed E-state index contributed by atoms with van der Waals surface area (Å²) < 4.78 is 73.7. The fraction of sp³-hybridized carbons (Fsp3) is 0.333. The average Bonchev–Trinajstić information content (AvgIpc) is 3.12. The zero-order chi connectivity index (χ0) is 23.6. The summed E-state index contributed by atoms with van der Waals surface area (Å²) in [5.41, 5.74) is -0.616. The van der Waals surface area contributed by atoms with E-state index in [1.54, 1.807) is 0 Å². The number of nitrogens with zero attached hydrogens (tertiary/aromatic N) is 2. The van der Waals surface area contributed by atoms with Gasteiger partial charge >= 0.3 is 12.1 Å². The van der Waals surface area contributed by atoms with Crippen molar-refractivity contribution in [1.29, 1.82) is 0 Å². The van der Waals surface area contributed by atoms with Crippen molar-refractivity contribution in [2.24, 2.45) is 11.0 Å². The number of carboxylic acid groups (broad SMARTS) is 1. The molecule has 0 spiro atoms. The zero-order valence-corrected chi connectivity index (χ0v) is 17.4. The first kappa shape index (κ1) is 23.8. The molecular weight excluding hydrogens is 459 g/mol. The first-order valence-corrected chi connectivity index (χ1v) is 9.86. The minimum Gasteiger partial charge on any atom is -0.485 e. The summed E-state index contributed by atoms with van der Waals surface area (Å²) in [4.78, 5) is 10.9. The van der Waals surface area contributed by atoms with E-state index in [0.717, 1.165) is 17.1 Å². The fourth-order valence-corrected chi connectivity index (χ4v) is 3.34. The highest BCUT2D eigenvalue weighted by Crippen LogP contribution is 2.33. The van der Waals surface area contributed by atoms with Gasteiger partial charge in [0.15, 0.2) is 17.4 Å². The monoisotopic (exact) mass is 476 g/mol. The molecule has 2 unspecified atom stereocenters. The average molecular weight is 477 g/mol. The molecule has 1 aliphatic heterocycles. The highest BCUT2D eigenvalue weighted by atomic mass is 35.5. The van der Waals surface area contributed by atoms with Crippen molar-refractivity contribution in [3.8, 4) is 5.75 Å². The number of benzene rings is 2. The summed E-state index contributed by atoms with van der Waals surface area (Å²) in [6.07, 6.45) is -5.30. The molecular formula is C21H18ClF5N2O3. The Morgan fingerprint density at radius 3 is 2.38 bits per heavy atom. The van der Waals surface area contributed by atoms with Crippen LogP contribution >= 0.6 is 11.6 Å². The van der Waals surface area contributed by atoms with Crippen LogP contribution in [-0.2, 0) is 11.2 Å². The second-order valence-corrected chi connectivity index (χ2v) is 7.80. The van der Waals surface area contributed by atoms with Crippen LogP contribution < -0.4 is 9.75 Å². The molecule has 0 aliphatic carbocycles. The third kappa shape index (κ3) is 5.48. The summed E-state index contributed by atoms with van der Waals surface area (Å²) in [5, 5.41) is 14.0. The van der Waals surface area contributed by atoms with Gasteiger partial charge in [-0.1, -0.05) is 18.5 Å². The number of carbonyl (C=O) groups is 1. The highest BCUT2D eigenvalue weighted by molar-refractivity contribution is 6.30. The number of hydrogen-bond acceptors (Lipinski definition) is 4. The Morgan fingerprint density at radius 1 is 1.25 bits per heavy atom. The third-order valence-corrected chi connectivity index (χ3v) is 5.12. The normalized spacial score (nSPS) is 17.3. The van der Waals surface area contributed by atoms with E-state index in [-0.39, 0.29) is 12.0 Å². The maximum Gasteiger partial charge on any atom is 0.431 e. The van der Waals surface area contributed by atoms with E-state index >= 15 is 0 Å². The van der Waals surface area contributed by atoms with Crippen molar-refractivity contribution in [2.75, 3.05) is 11.6 Å². The predicted molar refractivity (Wildman–Crippen MR) is 108 cm³/mol. The number of alkyl halides is 3. The number of hydrogen-bond donors (Lipinski definition) is 1. The number of rotatable bonds is 7. The van der Waals surface area contributed by atoms with Gasteiger partial charge < -0.3 is 9.84 Å². The van der Waals surface area contributed by atoms with Gasteiger partial charge in [-0.2, -0.15) is 18.3 Å². The minimum absolute atomic E-state index is 0.0980. The van der Waals surface area contributed by atoms with Crippen molar-refractivity contribution in [3.05, 3.63) is 58.6 Å². The molecule has 1 heterocycles. The van der Waals surface area contributed by atoms with E-state index in [1.807, 2.05) is 0 Å². The lowest BCUT2D eigenvalue weighted by molar-refractivity contribution is -0.141. The molecule has 2 aromatic rings. The zero-order valence-electron chi connectivity index (χ0n) is 16.7. The molecule has 3 rings (SSSR count). The molecule has 0 saturated heterocycles. The van der Waals surface area contributed by atoms with Gasteiger partial charge in [0.25, 0.3) is 0 Å². The number of hydrazone groups is 1. The predicted octanol–water partition coefficient (Wildman–Crippen LogP) is 5.46. The van der Waals surface area contributed by atoms with Crippen LogP contribution in [-0.4, -0.2) is 35.6 Å². The smallest absolute Gasteiger partial charge is 0.431 e. The van der Waals surface area contributed by atoms with Gasteiger partial charge in [-0.25, -0.2) is 8.78 Å². The van der Waals surface area contributed by atoms with Crippen molar-refractivity contribution in [2.45, 2.75) is 32.0 Å². The number of anilines is 1. The molecule has 2 atom stereocenters. The van der Waals surface area contributed by atoms with Crippen molar-refractivity contribution in [3.63, 3.8) is 0 Å². The molecule has 11 heteroatoms. The van der Waals surface area contributed by atoms with Gasteiger partial charge in [-0.05, 0) is 48.4 Å². The third-order valence-electron chi connectivity index (χ3n) is 4.86. The lowest BCUT2D eigenvalue weighted by Gasteiger charge is -2.24. The van der Waals surface area contributed by atoms with Crippen LogP contribution in [0.2, 0.25) is 5.02 Å².